The lowest BCUT2D eigenvalue weighted by Gasteiger charge is -2.28. The standard InChI is InChI=1S/C23H27NO3.CH2O2/c25-14-20-21-13-24(16-23(21)10-9-22(20)27-23)12-18-7-4-8-19(11-18)26-15-17-5-2-1-3-6-17;2-1-3/h1-8,11,20-22,25H,9-10,12-16H2;1H,(H,2,3)/t20-,21+,22+,23+;/m0./s1. The van der Waals surface area contributed by atoms with E-state index in [9.17, 15) is 5.11 Å². The lowest BCUT2D eigenvalue weighted by atomic mass is 9.74. The third-order valence-corrected chi connectivity index (χ3v) is 6.62. The Kier molecular flexibility index (Phi) is 6.37. The fourth-order valence-electron chi connectivity index (χ4n) is 5.38. The van der Waals surface area contributed by atoms with Crippen molar-refractivity contribution in [3.8, 4) is 5.75 Å². The number of rotatable bonds is 6. The summed E-state index contributed by atoms with van der Waals surface area (Å²) in [6, 6.07) is 18.7. The Morgan fingerprint density at radius 1 is 1.17 bits per heavy atom. The van der Waals surface area contributed by atoms with E-state index in [0.717, 1.165) is 38.2 Å². The van der Waals surface area contributed by atoms with Gasteiger partial charge in [-0.25, -0.2) is 0 Å². The second-order valence-electron chi connectivity index (χ2n) is 8.41. The molecule has 0 amide bonds. The van der Waals surface area contributed by atoms with Crippen LogP contribution in [0, 0.1) is 11.8 Å². The van der Waals surface area contributed by atoms with Gasteiger partial charge >= 0.3 is 0 Å². The summed E-state index contributed by atoms with van der Waals surface area (Å²) in [5.41, 5.74) is 2.45. The predicted octanol–water partition coefficient (Wildman–Crippen LogP) is 2.94. The van der Waals surface area contributed by atoms with Crippen molar-refractivity contribution in [3.05, 3.63) is 65.7 Å². The van der Waals surface area contributed by atoms with Gasteiger partial charge in [-0.3, -0.25) is 9.69 Å². The zero-order valence-electron chi connectivity index (χ0n) is 17.0. The first-order valence-corrected chi connectivity index (χ1v) is 10.5. The minimum Gasteiger partial charge on any atom is -0.489 e. The Labute approximate surface area is 177 Å². The van der Waals surface area contributed by atoms with Gasteiger partial charge in [-0.1, -0.05) is 42.5 Å². The number of hydrogen-bond donors (Lipinski definition) is 2. The predicted molar refractivity (Wildman–Crippen MR) is 112 cm³/mol. The van der Waals surface area contributed by atoms with Crippen molar-refractivity contribution < 1.29 is 24.5 Å². The highest BCUT2D eigenvalue weighted by molar-refractivity contribution is 5.32. The molecule has 0 saturated carbocycles. The van der Waals surface area contributed by atoms with Crippen molar-refractivity contribution in [2.24, 2.45) is 11.8 Å². The highest BCUT2D eigenvalue weighted by Crippen LogP contribution is 2.54. The molecule has 3 heterocycles. The van der Waals surface area contributed by atoms with Crippen LogP contribution in [0.25, 0.3) is 0 Å². The lowest BCUT2D eigenvalue weighted by Crippen LogP contribution is -2.37. The van der Waals surface area contributed by atoms with E-state index in [1.807, 2.05) is 24.3 Å². The third-order valence-electron chi connectivity index (χ3n) is 6.62. The number of nitrogens with zero attached hydrogens (tertiary/aromatic N) is 1. The third kappa shape index (κ3) is 4.21. The summed E-state index contributed by atoms with van der Waals surface area (Å²) in [5.74, 6) is 1.72. The molecule has 3 aliphatic rings. The largest absolute Gasteiger partial charge is 0.489 e. The van der Waals surface area contributed by atoms with Crippen LogP contribution in [0.1, 0.15) is 24.0 Å². The molecule has 2 bridgehead atoms. The number of benzene rings is 2. The van der Waals surface area contributed by atoms with Gasteiger partial charge in [-0.05, 0) is 36.1 Å². The molecule has 160 valence electrons. The molecule has 6 heteroatoms. The quantitative estimate of drug-likeness (QED) is 0.712. The van der Waals surface area contributed by atoms with Gasteiger partial charge in [0, 0.05) is 38.1 Å². The first-order valence-electron chi connectivity index (χ1n) is 10.5. The molecule has 5 rings (SSSR count). The van der Waals surface area contributed by atoms with Crippen molar-refractivity contribution >= 4 is 6.47 Å². The Hall–Kier alpha value is -2.41. The van der Waals surface area contributed by atoms with Gasteiger partial charge in [0.05, 0.1) is 11.7 Å². The fraction of sp³-hybridized carbons (Fsp3) is 0.458. The van der Waals surface area contributed by atoms with E-state index >= 15 is 0 Å². The molecule has 3 saturated heterocycles. The van der Waals surface area contributed by atoms with Crippen LogP contribution < -0.4 is 4.74 Å². The molecule has 0 radical (unpaired) electrons. The molecular weight excluding hydrogens is 382 g/mol. The average molecular weight is 411 g/mol. The zero-order valence-corrected chi connectivity index (χ0v) is 17.0. The number of likely N-dealkylation sites (tertiary alicyclic amines) is 1. The number of aliphatic hydroxyl groups is 1. The van der Waals surface area contributed by atoms with Crippen LogP contribution in [0.2, 0.25) is 0 Å². The molecule has 2 aromatic carbocycles. The van der Waals surface area contributed by atoms with Crippen LogP contribution in [0.5, 0.6) is 5.75 Å². The maximum atomic E-state index is 9.78. The van der Waals surface area contributed by atoms with E-state index in [1.165, 1.54) is 11.1 Å². The summed E-state index contributed by atoms with van der Waals surface area (Å²) in [7, 11) is 0. The molecule has 3 fully saturated rings. The van der Waals surface area contributed by atoms with Gasteiger partial charge < -0.3 is 19.7 Å². The van der Waals surface area contributed by atoms with Crippen molar-refractivity contribution in [1.82, 2.24) is 4.90 Å². The second kappa shape index (κ2) is 9.16. The number of hydrogen-bond acceptors (Lipinski definition) is 5. The normalized spacial score (nSPS) is 29.2. The topological polar surface area (TPSA) is 79.2 Å². The molecule has 4 atom stereocenters. The second-order valence-corrected chi connectivity index (χ2v) is 8.41. The lowest BCUT2D eigenvalue weighted by molar-refractivity contribution is -0.122. The average Bonchev–Trinajstić information content (AvgIpc) is 3.41. The van der Waals surface area contributed by atoms with Gasteiger partial charge in [-0.15, -0.1) is 0 Å². The van der Waals surface area contributed by atoms with Crippen LogP contribution in [-0.2, 0) is 22.7 Å². The van der Waals surface area contributed by atoms with E-state index in [-0.39, 0.29) is 24.8 Å². The summed E-state index contributed by atoms with van der Waals surface area (Å²) < 4.78 is 12.3. The van der Waals surface area contributed by atoms with E-state index in [0.29, 0.717) is 18.4 Å². The number of ether oxygens (including phenoxy) is 2. The summed E-state index contributed by atoms with van der Waals surface area (Å²) >= 11 is 0. The van der Waals surface area contributed by atoms with Gasteiger partial charge in [0.1, 0.15) is 12.4 Å². The maximum absolute atomic E-state index is 9.78. The Balaban J connectivity index is 0.000000687. The molecule has 2 aromatic rings. The monoisotopic (exact) mass is 411 g/mol. The van der Waals surface area contributed by atoms with E-state index < -0.39 is 0 Å². The zero-order chi connectivity index (χ0) is 21.0. The minimum absolute atomic E-state index is 0.000513. The first-order chi connectivity index (χ1) is 14.7. The van der Waals surface area contributed by atoms with Crippen molar-refractivity contribution in [2.75, 3.05) is 19.7 Å². The van der Waals surface area contributed by atoms with Crippen LogP contribution in [0.15, 0.2) is 54.6 Å². The van der Waals surface area contributed by atoms with E-state index in [1.54, 1.807) is 0 Å². The van der Waals surface area contributed by atoms with Crippen molar-refractivity contribution in [2.45, 2.75) is 37.7 Å². The SMILES string of the molecule is O=CO.OC[C@H]1[C@H]2CN(Cc3cccc(OCc4ccccc4)c3)C[C@]23CC[C@H]1O3. The Morgan fingerprint density at radius 2 is 1.93 bits per heavy atom. The Morgan fingerprint density at radius 3 is 2.70 bits per heavy atom. The van der Waals surface area contributed by atoms with Crippen LogP contribution in [0.3, 0.4) is 0 Å². The van der Waals surface area contributed by atoms with Crippen molar-refractivity contribution in [1.29, 1.82) is 0 Å². The molecular formula is C24H29NO5. The molecule has 30 heavy (non-hydrogen) atoms. The highest BCUT2D eigenvalue weighted by Gasteiger charge is 2.62. The molecule has 1 spiro atoms. The van der Waals surface area contributed by atoms with Gasteiger partial charge in [-0.2, -0.15) is 0 Å². The summed E-state index contributed by atoms with van der Waals surface area (Å²) in [4.78, 5) is 10.9. The van der Waals surface area contributed by atoms with Gasteiger partial charge in [0.15, 0.2) is 0 Å². The minimum atomic E-state index is -0.250. The molecule has 0 aliphatic carbocycles. The fourth-order valence-corrected chi connectivity index (χ4v) is 5.38. The Bertz CT molecular complexity index is 844. The van der Waals surface area contributed by atoms with E-state index in [2.05, 4.69) is 35.2 Å². The van der Waals surface area contributed by atoms with Gasteiger partial charge in [0.25, 0.3) is 6.47 Å². The molecule has 0 unspecified atom stereocenters. The molecule has 2 N–H and O–H groups in total. The van der Waals surface area contributed by atoms with Crippen LogP contribution in [0.4, 0.5) is 0 Å². The number of aliphatic hydroxyl groups excluding tert-OH is 1. The summed E-state index contributed by atoms with van der Waals surface area (Å²) in [6.45, 7) is 3.52. The molecule has 6 nitrogen and oxygen atoms in total. The molecule has 0 aromatic heterocycles. The number of carbonyl (C=O) groups is 1. The van der Waals surface area contributed by atoms with Crippen LogP contribution >= 0.6 is 0 Å². The molecule has 3 aliphatic heterocycles. The van der Waals surface area contributed by atoms with Crippen molar-refractivity contribution in [3.63, 3.8) is 0 Å². The van der Waals surface area contributed by atoms with E-state index in [4.69, 9.17) is 19.4 Å². The van der Waals surface area contributed by atoms with Gasteiger partial charge in [0.2, 0.25) is 0 Å². The maximum Gasteiger partial charge on any atom is 0.290 e. The smallest absolute Gasteiger partial charge is 0.290 e. The van der Waals surface area contributed by atoms with Crippen LogP contribution in [-0.4, -0.2) is 53.0 Å². The first kappa shape index (κ1) is 20.8. The summed E-state index contributed by atoms with van der Waals surface area (Å²) in [5, 5.41) is 16.7. The highest BCUT2D eigenvalue weighted by atomic mass is 16.5. The summed E-state index contributed by atoms with van der Waals surface area (Å²) in [6.07, 6.45) is 2.55. The number of fused-ring (bicyclic) bond motifs is 1. The number of carboxylic acid groups (broad SMARTS) is 1.